The number of nitrogens with zero attached hydrogens (tertiary/aromatic N) is 2. The molecule has 0 spiro atoms. The number of benzene rings is 1. The van der Waals surface area contributed by atoms with Crippen LogP contribution < -0.4 is 14.8 Å². The van der Waals surface area contributed by atoms with E-state index in [1.54, 1.807) is 13.2 Å². The second-order valence-corrected chi connectivity index (χ2v) is 4.99. The smallest absolute Gasteiger partial charge is 0.219 e. The number of anilines is 1. The van der Waals surface area contributed by atoms with Gasteiger partial charge in [-0.1, -0.05) is 26.0 Å². The van der Waals surface area contributed by atoms with Crippen molar-refractivity contribution in [3.05, 3.63) is 41.7 Å². The molecule has 5 nitrogen and oxygen atoms in total. The summed E-state index contributed by atoms with van der Waals surface area (Å²) in [6, 6.07) is 9.58. The zero-order chi connectivity index (χ0) is 15.2. The lowest BCUT2D eigenvalue weighted by Crippen LogP contribution is -2.05. The Balaban J connectivity index is 2.09. The minimum Gasteiger partial charge on any atom is -0.497 e. The summed E-state index contributed by atoms with van der Waals surface area (Å²) >= 11 is 0. The second-order valence-electron chi connectivity index (χ2n) is 4.99. The quantitative estimate of drug-likeness (QED) is 0.884. The number of hydrogen-bond acceptors (Lipinski definition) is 5. The summed E-state index contributed by atoms with van der Waals surface area (Å²) in [6.45, 7) is 4.58. The van der Waals surface area contributed by atoms with Crippen LogP contribution in [0.2, 0.25) is 0 Å². The van der Waals surface area contributed by atoms with E-state index >= 15 is 0 Å². The number of nitrogens with one attached hydrogen (secondary N) is 1. The van der Waals surface area contributed by atoms with Crippen LogP contribution in [0.4, 0.5) is 5.82 Å². The number of ether oxygens (including phenoxy) is 2. The molecule has 0 bridgehead atoms. The summed E-state index contributed by atoms with van der Waals surface area (Å²) in [5.74, 6) is 3.20. The van der Waals surface area contributed by atoms with Gasteiger partial charge in [-0.05, 0) is 17.7 Å². The van der Waals surface area contributed by atoms with Gasteiger partial charge in [0.15, 0.2) is 0 Å². The van der Waals surface area contributed by atoms with Gasteiger partial charge in [-0.3, -0.25) is 0 Å². The van der Waals surface area contributed by atoms with Crippen LogP contribution in [0.5, 0.6) is 11.6 Å². The van der Waals surface area contributed by atoms with Gasteiger partial charge in [0.1, 0.15) is 24.0 Å². The third-order valence-electron chi connectivity index (χ3n) is 3.04. The zero-order valence-electron chi connectivity index (χ0n) is 12.9. The van der Waals surface area contributed by atoms with Crippen LogP contribution in [0.1, 0.15) is 31.2 Å². The normalized spacial score (nSPS) is 10.5. The maximum Gasteiger partial charge on any atom is 0.219 e. The van der Waals surface area contributed by atoms with Gasteiger partial charge in [-0.2, -0.15) is 4.98 Å². The Kier molecular flexibility index (Phi) is 4.98. The molecule has 1 heterocycles. The van der Waals surface area contributed by atoms with Gasteiger partial charge >= 0.3 is 0 Å². The predicted molar refractivity (Wildman–Crippen MR) is 83.0 cm³/mol. The molecule has 0 saturated heterocycles. The Morgan fingerprint density at radius 1 is 1.14 bits per heavy atom. The topological polar surface area (TPSA) is 56.3 Å². The summed E-state index contributed by atoms with van der Waals surface area (Å²) in [5.41, 5.74) is 1.06. The van der Waals surface area contributed by atoms with Crippen molar-refractivity contribution in [1.29, 1.82) is 0 Å². The highest BCUT2D eigenvalue weighted by Gasteiger charge is 2.08. The number of aromatic nitrogens is 2. The average Bonchev–Trinajstić information content (AvgIpc) is 2.53. The third-order valence-corrected chi connectivity index (χ3v) is 3.04. The molecule has 112 valence electrons. The molecule has 0 unspecified atom stereocenters. The van der Waals surface area contributed by atoms with E-state index < -0.39 is 0 Å². The van der Waals surface area contributed by atoms with Crippen molar-refractivity contribution in [1.82, 2.24) is 9.97 Å². The van der Waals surface area contributed by atoms with E-state index in [0.717, 1.165) is 23.0 Å². The molecule has 0 saturated carbocycles. The number of methoxy groups -OCH3 is 1. The molecule has 1 aromatic heterocycles. The lowest BCUT2D eigenvalue weighted by molar-refractivity contribution is 0.292. The van der Waals surface area contributed by atoms with Crippen LogP contribution in [-0.4, -0.2) is 24.1 Å². The van der Waals surface area contributed by atoms with Crippen molar-refractivity contribution >= 4 is 5.82 Å². The highest BCUT2D eigenvalue weighted by atomic mass is 16.5. The molecule has 0 amide bonds. The Morgan fingerprint density at radius 2 is 1.86 bits per heavy atom. The first kappa shape index (κ1) is 15.1. The summed E-state index contributed by atoms with van der Waals surface area (Å²) in [7, 11) is 3.48. The molecule has 0 radical (unpaired) electrons. The first-order chi connectivity index (χ1) is 10.1. The molecule has 1 N–H and O–H groups in total. The Bertz CT molecular complexity index is 583. The minimum absolute atomic E-state index is 0.252. The summed E-state index contributed by atoms with van der Waals surface area (Å²) in [4.78, 5) is 8.84. The molecule has 0 fully saturated rings. The lowest BCUT2D eigenvalue weighted by Gasteiger charge is -2.11. The summed E-state index contributed by atoms with van der Waals surface area (Å²) < 4.78 is 10.9. The maximum absolute atomic E-state index is 5.77. The van der Waals surface area contributed by atoms with Crippen LogP contribution in [-0.2, 0) is 6.61 Å². The van der Waals surface area contributed by atoms with E-state index in [1.807, 2.05) is 31.3 Å². The van der Waals surface area contributed by atoms with E-state index in [9.17, 15) is 0 Å². The van der Waals surface area contributed by atoms with Gasteiger partial charge in [0, 0.05) is 19.0 Å². The van der Waals surface area contributed by atoms with Crippen LogP contribution in [0.3, 0.4) is 0 Å². The molecule has 0 aliphatic carbocycles. The fraction of sp³-hybridized carbons (Fsp3) is 0.375. The first-order valence-electron chi connectivity index (χ1n) is 6.95. The van der Waals surface area contributed by atoms with Gasteiger partial charge < -0.3 is 14.8 Å². The molecule has 0 aliphatic rings. The number of hydrogen-bond donors (Lipinski definition) is 1. The minimum atomic E-state index is 0.252. The van der Waals surface area contributed by atoms with E-state index in [4.69, 9.17) is 9.47 Å². The molecular formula is C16H21N3O2. The molecule has 0 atom stereocenters. The molecule has 5 heteroatoms. The zero-order valence-corrected chi connectivity index (χ0v) is 12.9. The van der Waals surface area contributed by atoms with Crippen molar-refractivity contribution in [2.45, 2.75) is 26.4 Å². The second kappa shape index (κ2) is 6.92. The summed E-state index contributed by atoms with van der Waals surface area (Å²) in [6.07, 6.45) is 0. The average molecular weight is 287 g/mol. The van der Waals surface area contributed by atoms with Crippen molar-refractivity contribution in [2.75, 3.05) is 19.5 Å². The molecule has 21 heavy (non-hydrogen) atoms. The van der Waals surface area contributed by atoms with Gasteiger partial charge in [0.25, 0.3) is 0 Å². The maximum atomic E-state index is 5.77. The number of rotatable bonds is 6. The van der Waals surface area contributed by atoms with E-state index in [2.05, 4.69) is 29.1 Å². The van der Waals surface area contributed by atoms with Crippen LogP contribution in [0, 0.1) is 0 Å². The lowest BCUT2D eigenvalue weighted by atomic mass is 10.2. The standard InChI is InChI=1S/C16H21N3O2/c1-11(2)16-18-14(17-3)9-15(19-16)21-10-12-5-7-13(20-4)8-6-12/h5-9,11H,10H2,1-4H3,(H,17,18,19). The van der Waals surface area contributed by atoms with Crippen molar-refractivity contribution < 1.29 is 9.47 Å². The van der Waals surface area contributed by atoms with Crippen LogP contribution >= 0.6 is 0 Å². The molecule has 2 rings (SSSR count). The SMILES string of the molecule is CNc1cc(OCc2ccc(OC)cc2)nc(C(C)C)n1. The van der Waals surface area contributed by atoms with Crippen molar-refractivity contribution in [3.8, 4) is 11.6 Å². The predicted octanol–water partition coefficient (Wildman–Crippen LogP) is 3.23. The fourth-order valence-electron chi connectivity index (χ4n) is 1.78. The van der Waals surface area contributed by atoms with Crippen LogP contribution in [0.25, 0.3) is 0 Å². The Morgan fingerprint density at radius 3 is 2.43 bits per heavy atom. The highest BCUT2D eigenvalue weighted by Crippen LogP contribution is 2.19. The van der Waals surface area contributed by atoms with Crippen LogP contribution in [0.15, 0.2) is 30.3 Å². The molecule has 2 aromatic rings. The van der Waals surface area contributed by atoms with E-state index in [0.29, 0.717) is 12.5 Å². The molecular weight excluding hydrogens is 266 g/mol. The highest BCUT2D eigenvalue weighted by molar-refractivity contribution is 5.38. The van der Waals surface area contributed by atoms with E-state index in [1.165, 1.54) is 0 Å². The Labute approximate surface area is 125 Å². The van der Waals surface area contributed by atoms with Crippen molar-refractivity contribution in [3.63, 3.8) is 0 Å². The van der Waals surface area contributed by atoms with Gasteiger partial charge in [0.05, 0.1) is 7.11 Å². The van der Waals surface area contributed by atoms with Gasteiger partial charge in [-0.25, -0.2) is 4.98 Å². The first-order valence-corrected chi connectivity index (χ1v) is 6.95. The monoisotopic (exact) mass is 287 g/mol. The third kappa shape index (κ3) is 4.08. The summed E-state index contributed by atoms with van der Waals surface area (Å²) in [5, 5.41) is 3.03. The van der Waals surface area contributed by atoms with Gasteiger partial charge in [0.2, 0.25) is 5.88 Å². The Hall–Kier alpha value is -2.30. The van der Waals surface area contributed by atoms with Crippen molar-refractivity contribution in [2.24, 2.45) is 0 Å². The molecule has 1 aromatic carbocycles. The largest absolute Gasteiger partial charge is 0.497 e. The molecule has 0 aliphatic heterocycles. The fourth-order valence-corrected chi connectivity index (χ4v) is 1.78. The van der Waals surface area contributed by atoms with E-state index in [-0.39, 0.29) is 5.92 Å². The van der Waals surface area contributed by atoms with Gasteiger partial charge in [-0.15, -0.1) is 0 Å².